The maximum absolute atomic E-state index is 9.68. The molecule has 0 radical (unpaired) electrons. The summed E-state index contributed by atoms with van der Waals surface area (Å²) in [6.45, 7) is 3.03. The topological polar surface area (TPSA) is 76.0 Å². The molecule has 1 aliphatic heterocycles. The van der Waals surface area contributed by atoms with Crippen LogP contribution >= 0.6 is 0 Å². The first-order valence-corrected chi connectivity index (χ1v) is 5.61. The Morgan fingerprint density at radius 3 is 2.27 bits per heavy atom. The second-order valence-corrected chi connectivity index (χ2v) is 4.13. The van der Waals surface area contributed by atoms with Gasteiger partial charge >= 0.3 is 0 Å². The van der Waals surface area contributed by atoms with Crippen LogP contribution in [0.4, 0.5) is 0 Å². The maximum Gasteiger partial charge on any atom is 0.0791 e. The minimum absolute atomic E-state index is 0.104. The smallest absolute Gasteiger partial charge is 0.0791 e. The molecule has 0 aromatic heterocycles. The van der Waals surface area contributed by atoms with Crippen LogP contribution in [0.25, 0.3) is 0 Å². The van der Waals surface area contributed by atoms with Crippen molar-refractivity contribution in [1.29, 1.82) is 0 Å². The van der Waals surface area contributed by atoms with Crippen LogP contribution in [0.2, 0.25) is 0 Å². The number of hydrogen-bond acceptors (Lipinski definition) is 5. The Labute approximate surface area is 90.7 Å². The molecule has 5 nitrogen and oxygen atoms in total. The molecule has 90 valence electrons. The lowest BCUT2D eigenvalue weighted by Gasteiger charge is -2.21. The van der Waals surface area contributed by atoms with Crippen molar-refractivity contribution < 1.29 is 15.3 Å². The number of nitrogens with one attached hydrogen (secondary N) is 1. The number of hydrogen-bond donors (Lipinski definition) is 4. The summed E-state index contributed by atoms with van der Waals surface area (Å²) in [4.78, 5) is 2.24. The molecule has 1 saturated heterocycles. The fraction of sp³-hybridized carbons (Fsp3) is 1.00. The fourth-order valence-electron chi connectivity index (χ4n) is 1.82. The van der Waals surface area contributed by atoms with Crippen molar-refractivity contribution in [2.24, 2.45) is 0 Å². The van der Waals surface area contributed by atoms with Gasteiger partial charge in [0.2, 0.25) is 0 Å². The lowest BCUT2D eigenvalue weighted by molar-refractivity contribution is 0.106. The standard InChI is InChI=1S/C10H22N2O3/c13-7-9(8-14)11-5-10(15)6-12-3-1-2-4-12/h9-11,13-15H,1-8H2. The van der Waals surface area contributed by atoms with E-state index in [0.717, 1.165) is 13.1 Å². The van der Waals surface area contributed by atoms with Crippen molar-refractivity contribution in [3.63, 3.8) is 0 Å². The lowest BCUT2D eigenvalue weighted by atomic mass is 10.3. The minimum atomic E-state index is -0.427. The van der Waals surface area contributed by atoms with Gasteiger partial charge < -0.3 is 25.5 Å². The molecule has 0 aromatic rings. The molecule has 4 N–H and O–H groups in total. The third-order valence-corrected chi connectivity index (χ3v) is 2.75. The van der Waals surface area contributed by atoms with Gasteiger partial charge in [-0.1, -0.05) is 0 Å². The Kier molecular flexibility index (Phi) is 6.12. The molecule has 1 heterocycles. The number of aliphatic hydroxyl groups excluding tert-OH is 3. The molecule has 1 unspecified atom stereocenters. The summed E-state index contributed by atoms with van der Waals surface area (Å²) in [7, 11) is 0. The third kappa shape index (κ3) is 4.90. The summed E-state index contributed by atoms with van der Waals surface area (Å²) in [5.74, 6) is 0. The normalized spacial score (nSPS) is 20.0. The molecule has 1 aliphatic rings. The summed E-state index contributed by atoms with van der Waals surface area (Å²) < 4.78 is 0. The molecule has 1 fully saturated rings. The first-order chi connectivity index (χ1) is 7.26. The zero-order valence-electron chi connectivity index (χ0n) is 9.10. The second kappa shape index (κ2) is 7.14. The lowest BCUT2D eigenvalue weighted by Crippen LogP contribution is -2.43. The number of likely N-dealkylation sites (tertiary alicyclic amines) is 1. The van der Waals surface area contributed by atoms with Crippen molar-refractivity contribution in [3.8, 4) is 0 Å². The molecule has 0 amide bonds. The van der Waals surface area contributed by atoms with E-state index >= 15 is 0 Å². The predicted molar refractivity (Wildman–Crippen MR) is 57.6 cm³/mol. The highest BCUT2D eigenvalue weighted by Crippen LogP contribution is 2.07. The zero-order chi connectivity index (χ0) is 11.1. The van der Waals surface area contributed by atoms with E-state index in [1.165, 1.54) is 12.8 Å². The highest BCUT2D eigenvalue weighted by atomic mass is 16.3. The molecule has 0 aliphatic carbocycles. The quantitative estimate of drug-likeness (QED) is 0.413. The molecule has 5 heteroatoms. The molecular weight excluding hydrogens is 196 g/mol. The Hall–Kier alpha value is -0.200. The Morgan fingerprint density at radius 1 is 1.13 bits per heavy atom. The average Bonchev–Trinajstić information content (AvgIpc) is 2.72. The number of β-amino-alcohol motifs (C(OH)–C–C–N with tert-alkyl or cyclic N) is 1. The Bertz CT molecular complexity index is 159. The van der Waals surface area contributed by atoms with Crippen LogP contribution in [-0.4, -0.2) is 71.8 Å². The van der Waals surface area contributed by atoms with Gasteiger partial charge in [0.1, 0.15) is 0 Å². The minimum Gasteiger partial charge on any atom is -0.395 e. The zero-order valence-corrected chi connectivity index (χ0v) is 9.10. The van der Waals surface area contributed by atoms with E-state index in [-0.39, 0.29) is 19.3 Å². The van der Waals surface area contributed by atoms with Gasteiger partial charge in [-0.05, 0) is 25.9 Å². The van der Waals surface area contributed by atoms with E-state index in [9.17, 15) is 5.11 Å². The van der Waals surface area contributed by atoms with Gasteiger partial charge in [-0.25, -0.2) is 0 Å². The highest BCUT2D eigenvalue weighted by molar-refractivity contribution is 4.73. The summed E-state index contributed by atoms with van der Waals surface area (Å²) >= 11 is 0. The molecule has 0 spiro atoms. The van der Waals surface area contributed by atoms with Crippen LogP contribution in [0.1, 0.15) is 12.8 Å². The van der Waals surface area contributed by atoms with Gasteiger partial charge in [-0.3, -0.25) is 0 Å². The van der Waals surface area contributed by atoms with E-state index < -0.39 is 6.10 Å². The third-order valence-electron chi connectivity index (χ3n) is 2.75. The Morgan fingerprint density at radius 2 is 1.73 bits per heavy atom. The molecular formula is C10H22N2O3. The largest absolute Gasteiger partial charge is 0.395 e. The molecule has 1 atom stereocenters. The SMILES string of the molecule is OCC(CO)NCC(O)CN1CCCC1. The predicted octanol–water partition coefficient (Wildman–Crippen LogP) is -1.61. The van der Waals surface area contributed by atoms with Crippen molar-refractivity contribution in [2.45, 2.75) is 25.0 Å². The van der Waals surface area contributed by atoms with Gasteiger partial charge in [-0.2, -0.15) is 0 Å². The first kappa shape index (κ1) is 12.9. The van der Waals surface area contributed by atoms with Crippen molar-refractivity contribution in [1.82, 2.24) is 10.2 Å². The van der Waals surface area contributed by atoms with Crippen molar-refractivity contribution >= 4 is 0 Å². The van der Waals surface area contributed by atoms with Crippen LogP contribution in [0.3, 0.4) is 0 Å². The van der Waals surface area contributed by atoms with E-state index in [2.05, 4.69) is 10.2 Å². The van der Waals surface area contributed by atoms with Gasteiger partial charge in [-0.15, -0.1) is 0 Å². The molecule has 0 saturated carbocycles. The van der Waals surface area contributed by atoms with Crippen LogP contribution in [0.15, 0.2) is 0 Å². The number of nitrogens with zero attached hydrogens (tertiary/aromatic N) is 1. The fourth-order valence-corrected chi connectivity index (χ4v) is 1.82. The first-order valence-electron chi connectivity index (χ1n) is 5.61. The maximum atomic E-state index is 9.68. The summed E-state index contributed by atoms with van der Waals surface area (Å²) in [5, 5.41) is 30.2. The molecule has 0 bridgehead atoms. The van der Waals surface area contributed by atoms with Crippen LogP contribution in [0, 0.1) is 0 Å². The van der Waals surface area contributed by atoms with Crippen LogP contribution < -0.4 is 5.32 Å². The van der Waals surface area contributed by atoms with E-state index in [0.29, 0.717) is 13.1 Å². The number of aliphatic hydroxyl groups is 3. The van der Waals surface area contributed by atoms with E-state index in [1.807, 2.05) is 0 Å². The molecule has 0 aromatic carbocycles. The summed E-state index contributed by atoms with van der Waals surface area (Å²) in [5.41, 5.74) is 0. The van der Waals surface area contributed by atoms with Crippen LogP contribution in [0.5, 0.6) is 0 Å². The van der Waals surface area contributed by atoms with Gasteiger partial charge in [0.15, 0.2) is 0 Å². The van der Waals surface area contributed by atoms with Crippen molar-refractivity contribution in [2.75, 3.05) is 39.4 Å². The summed E-state index contributed by atoms with van der Waals surface area (Å²) in [6.07, 6.45) is 2.01. The van der Waals surface area contributed by atoms with Crippen LogP contribution in [-0.2, 0) is 0 Å². The van der Waals surface area contributed by atoms with Gasteiger partial charge in [0.25, 0.3) is 0 Å². The van der Waals surface area contributed by atoms with E-state index in [4.69, 9.17) is 10.2 Å². The van der Waals surface area contributed by atoms with Gasteiger partial charge in [0, 0.05) is 13.1 Å². The monoisotopic (exact) mass is 218 g/mol. The average molecular weight is 218 g/mol. The highest BCUT2D eigenvalue weighted by Gasteiger charge is 2.16. The van der Waals surface area contributed by atoms with E-state index in [1.54, 1.807) is 0 Å². The molecule has 1 rings (SSSR count). The molecule has 15 heavy (non-hydrogen) atoms. The summed E-state index contributed by atoms with van der Waals surface area (Å²) in [6, 6.07) is -0.321. The van der Waals surface area contributed by atoms with Crippen molar-refractivity contribution in [3.05, 3.63) is 0 Å². The second-order valence-electron chi connectivity index (χ2n) is 4.13. The Balaban J connectivity index is 2.09. The number of rotatable bonds is 7. The van der Waals surface area contributed by atoms with Gasteiger partial charge in [0.05, 0.1) is 25.4 Å².